The van der Waals surface area contributed by atoms with Crippen molar-refractivity contribution >= 4 is 10.0 Å². The van der Waals surface area contributed by atoms with Gasteiger partial charge in [-0.1, -0.05) is 0 Å². The maximum Gasteiger partial charge on any atom is 0.243 e. The van der Waals surface area contributed by atoms with E-state index < -0.39 is 15.8 Å². The van der Waals surface area contributed by atoms with Crippen LogP contribution < -0.4 is 10.1 Å². The monoisotopic (exact) mass is 316 g/mol. The largest absolute Gasteiger partial charge is 0.494 e. The molecule has 0 radical (unpaired) electrons. The summed E-state index contributed by atoms with van der Waals surface area (Å²) in [6.45, 7) is 1.70. The van der Waals surface area contributed by atoms with Crippen molar-refractivity contribution < 1.29 is 17.5 Å². The van der Waals surface area contributed by atoms with Crippen LogP contribution in [0.15, 0.2) is 23.1 Å². The maximum absolute atomic E-state index is 13.7. The standard InChI is InChI=1S/C14H21FN2O3S/c1-17(11-4-3-8-16-9-7-11)21(18,19)12-5-6-14(20-2)13(15)10-12/h5-6,10-11,16H,3-4,7-9H2,1-2H3. The summed E-state index contributed by atoms with van der Waals surface area (Å²) >= 11 is 0. The lowest BCUT2D eigenvalue weighted by Crippen LogP contribution is -2.37. The predicted octanol–water partition coefficient (Wildman–Crippen LogP) is 1.60. The molecule has 1 atom stereocenters. The topological polar surface area (TPSA) is 58.6 Å². The molecule has 1 fully saturated rings. The van der Waals surface area contributed by atoms with Crippen molar-refractivity contribution in [3.8, 4) is 5.75 Å². The van der Waals surface area contributed by atoms with E-state index in [4.69, 9.17) is 4.74 Å². The van der Waals surface area contributed by atoms with Gasteiger partial charge in [-0.15, -0.1) is 0 Å². The van der Waals surface area contributed by atoms with Crippen molar-refractivity contribution in [1.82, 2.24) is 9.62 Å². The van der Waals surface area contributed by atoms with Crippen molar-refractivity contribution in [2.75, 3.05) is 27.2 Å². The van der Waals surface area contributed by atoms with Gasteiger partial charge in [0, 0.05) is 13.1 Å². The third kappa shape index (κ3) is 3.53. The fourth-order valence-electron chi connectivity index (χ4n) is 2.53. The van der Waals surface area contributed by atoms with Gasteiger partial charge in [-0.2, -0.15) is 4.31 Å². The van der Waals surface area contributed by atoms with Crippen LogP contribution in [0.2, 0.25) is 0 Å². The highest BCUT2D eigenvalue weighted by Crippen LogP contribution is 2.25. The van der Waals surface area contributed by atoms with Crippen LogP contribution in [-0.4, -0.2) is 46.0 Å². The lowest BCUT2D eigenvalue weighted by atomic mass is 10.1. The molecule has 5 nitrogen and oxygen atoms in total. The number of methoxy groups -OCH3 is 1. The number of benzene rings is 1. The van der Waals surface area contributed by atoms with Gasteiger partial charge < -0.3 is 10.1 Å². The Kier molecular flexibility index (Phi) is 5.18. The fraction of sp³-hybridized carbons (Fsp3) is 0.571. The van der Waals surface area contributed by atoms with Gasteiger partial charge in [-0.05, 0) is 50.6 Å². The van der Waals surface area contributed by atoms with Gasteiger partial charge in [-0.25, -0.2) is 12.8 Å². The number of nitrogens with zero attached hydrogens (tertiary/aromatic N) is 1. The van der Waals surface area contributed by atoms with Gasteiger partial charge in [-0.3, -0.25) is 0 Å². The fourth-order valence-corrected chi connectivity index (χ4v) is 3.96. The molecular weight excluding hydrogens is 295 g/mol. The Hall–Kier alpha value is -1.18. The predicted molar refractivity (Wildman–Crippen MR) is 78.4 cm³/mol. The van der Waals surface area contributed by atoms with E-state index in [0.29, 0.717) is 0 Å². The first kappa shape index (κ1) is 16.2. The van der Waals surface area contributed by atoms with Gasteiger partial charge in [0.1, 0.15) is 0 Å². The van der Waals surface area contributed by atoms with Gasteiger partial charge in [0.2, 0.25) is 10.0 Å². The Morgan fingerprint density at radius 1 is 1.33 bits per heavy atom. The number of nitrogens with one attached hydrogen (secondary N) is 1. The van der Waals surface area contributed by atoms with E-state index in [1.54, 1.807) is 7.05 Å². The summed E-state index contributed by atoms with van der Waals surface area (Å²) in [6, 6.07) is 3.67. The zero-order chi connectivity index (χ0) is 15.5. The summed E-state index contributed by atoms with van der Waals surface area (Å²) in [6.07, 6.45) is 2.50. The lowest BCUT2D eigenvalue weighted by Gasteiger charge is -2.26. The van der Waals surface area contributed by atoms with E-state index in [2.05, 4.69) is 5.32 Å². The smallest absolute Gasteiger partial charge is 0.243 e. The number of rotatable bonds is 4. The van der Waals surface area contributed by atoms with E-state index in [1.807, 2.05) is 0 Å². The molecule has 1 aromatic rings. The molecule has 1 aliphatic heterocycles. The lowest BCUT2D eigenvalue weighted by molar-refractivity contribution is 0.341. The van der Waals surface area contributed by atoms with Crippen molar-refractivity contribution in [2.24, 2.45) is 0 Å². The molecule has 0 aliphatic carbocycles. The number of hydrogen-bond donors (Lipinski definition) is 1. The highest BCUT2D eigenvalue weighted by atomic mass is 32.2. The number of sulfonamides is 1. The van der Waals surface area contributed by atoms with Crippen molar-refractivity contribution in [3.63, 3.8) is 0 Å². The van der Waals surface area contributed by atoms with Gasteiger partial charge in [0.05, 0.1) is 12.0 Å². The second-order valence-electron chi connectivity index (χ2n) is 5.15. The minimum atomic E-state index is -3.69. The normalized spacial score (nSPS) is 20.3. The van der Waals surface area contributed by atoms with Crippen molar-refractivity contribution in [2.45, 2.75) is 30.2 Å². The second kappa shape index (κ2) is 6.72. The van der Waals surface area contributed by atoms with Crippen LogP contribution in [0.3, 0.4) is 0 Å². The molecular formula is C14H21FN2O3S. The van der Waals surface area contributed by atoms with E-state index >= 15 is 0 Å². The molecule has 1 unspecified atom stereocenters. The molecule has 0 spiro atoms. The minimum absolute atomic E-state index is 0.0373. The first-order valence-electron chi connectivity index (χ1n) is 6.99. The third-order valence-electron chi connectivity index (χ3n) is 3.86. The van der Waals surface area contributed by atoms with Crippen molar-refractivity contribution in [1.29, 1.82) is 0 Å². The zero-order valence-electron chi connectivity index (χ0n) is 12.3. The van der Waals surface area contributed by atoms with Crippen LogP contribution in [0.5, 0.6) is 5.75 Å². The van der Waals surface area contributed by atoms with Gasteiger partial charge in [0.15, 0.2) is 11.6 Å². The first-order valence-corrected chi connectivity index (χ1v) is 8.43. The highest BCUT2D eigenvalue weighted by Gasteiger charge is 2.29. The van der Waals surface area contributed by atoms with E-state index in [0.717, 1.165) is 38.4 Å². The quantitative estimate of drug-likeness (QED) is 0.916. The van der Waals surface area contributed by atoms with Gasteiger partial charge >= 0.3 is 0 Å². The van der Waals surface area contributed by atoms with Crippen molar-refractivity contribution in [3.05, 3.63) is 24.0 Å². The van der Waals surface area contributed by atoms with E-state index in [9.17, 15) is 12.8 Å². The molecule has 1 aliphatic rings. The Labute approximate surface area is 125 Å². The molecule has 0 aromatic heterocycles. The Balaban J connectivity index is 2.25. The minimum Gasteiger partial charge on any atom is -0.494 e. The van der Waals surface area contributed by atoms with E-state index in [1.165, 1.54) is 23.5 Å². The molecule has 0 amide bonds. The van der Waals surface area contributed by atoms with Gasteiger partial charge in [0.25, 0.3) is 0 Å². The average molecular weight is 316 g/mol. The second-order valence-corrected chi connectivity index (χ2v) is 7.15. The Morgan fingerprint density at radius 2 is 2.10 bits per heavy atom. The molecule has 21 heavy (non-hydrogen) atoms. The molecule has 2 rings (SSSR count). The summed E-state index contributed by atoms with van der Waals surface area (Å²) in [5, 5.41) is 3.25. The Morgan fingerprint density at radius 3 is 2.76 bits per heavy atom. The zero-order valence-corrected chi connectivity index (χ0v) is 13.1. The Bertz CT molecular complexity index is 584. The number of ether oxygens (including phenoxy) is 1. The van der Waals surface area contributed by atoms with Crippen LogP contribution in [0, 0.1) is 5.82 Å². The SMILES string of the molecule is COc1ccc(S(=O)(=O)N(C)C2CCCNCC2)cc1F. The molecule has 1 aromatic carbocycles. The average Bonchev–Trinajstić information content (AvgIpc) is 2.75. The summed E-state index contributed by atoms with van der Waals surface area (Å²) in [5.41, 5.74) is 0. The van der Waals surface area contributed by atoms with Crippen LogP contribution in [0.1, 0.15) is 19.3 Å². The molecule has 1 heterocycles. The van der Waals surface area contributed by atoms with Crippen LogP contribution in [0.25, 0.3) is 0 Å². The summed E-state index contributed by atoms with van der Waals surface area (Å²) in [5.74, 6) is -0.634. The molecule has 0 saturated carbocycles. The van der Waals surface area contributed by atoms with Crippen LogP contribution >= 0.6 is 0 Å². The van der Waals surface area contributed by atoms with Crippen LogP contribution in [0.4, 0.5) is 4.39 Å². The van der Waals surface area contributed by atoms with Crippen LogP contribution in [-0.2, 0) is 10.0 Å². The summed E-state index contributed by atoms with van der Waals surface area (Å²) < 4.78 is 45.1. The first-order chi connectivity index (χ1) is 9.96. The summed E-state index contributed by atoms with van der Waals surface area (Å²) in [7, 11) is -0.785. The van der Waals surface area contributed by atoms with E-state index in [-0.39, 0.29) is 16.7 Å². The summed E-state index contributed by atoms with van der Waals surface area (Å²) in [4.78, 5) is -0.0412. The third-order valence-corrected chi connectivity index (χ3v) is 5.77. The molecule has 118 valence electrons. The molecule has 1 N–H and O–H groups in total. The molecule has 1 saturated heterocycles. The molecule has 0 bridgehead atoms. The number of hydrogen-bond acceptors (Lipinski definition) is 4. The maximum atomic E-state index is 13.7. The highest BCUT2D eigenvalue weighted by molar-refractivity contribution is 7.89. The molecule has 7 heteroatoms. The number of halogens is 1.